The lowest BCUT2D eigenvalue weighted by Gasteiger charge is -2.14. The van der Waals surface area contributed by atoms with Gasteiger partial charge in [0.25, 0.3) is 5.91 Å². The van der Waals surface area contributed by atoms with Crippen LogP contribution in [-0.2, 0) is 11.0 Å². The van der Waals surface area contributed by atoms with Crippen LogP contribution in [-0.4, -0.2) is 28.5 Å². The van der Waals surface area contributed by atoms with Crippen molar-refractivity contribution in [3.05, 3.63) is 65.5 Å². The molecule has 1 amide bonds. The number of carboxylic acid groups (broad SMARTS) is 1. The number of halogens is 3. The zero-order valence-electron chi connectivity index (χ0n) is 12.2. The molecule has 24 heavy (non-hydrogen) atoms. The van der Waals surface area contributed by atoms with Gasteiger partial charge in [-0.25, -0.2) is 0 Å². The number of carbonyl (C=O) groups excluding carboxylic acids is 1. The quantitative estimate of drug-likeness (QED) is 0.878. The molecule has 0 saturated heterocycles. The third-order valence-corrected chi connectivity index (χ3v) is 3.29. The van der Waals surface area contributed by atoms with Crippen molar-refractivity contribution in [1.82, 2.24) is 10.3 Å². The smallest absolute Gasteiger partial charge is 0.417 e. The number of aromatic nitrogens is 1. The summed E-state index contributed by atoms with van der Waals surface area (Å²) in [5.74, 6) is -2.84. The molecular formula is C16H13F3N2O3. The molecule has 0 aliphatic carbocycles. The minimum Gasteiger partial charge on any atom is -0.481 e. The van der Waals surface area contributed by atoms with Crippen molar-refractivity contribution in [3.8, 4) is 0 Å². The second-order valence-corrected chi connectivity index (χ2v) is 4.94. The van der Waals surface area contributed by atoms with E-state index in [1.807, 2.05) is 0 Å². The standard InChI is InChI=1S/C16H13F3N2O3/c17-16(18,19)11-6-7-13(20-8-11)14(22)21-9-12(15(23)24)10-4-2-1-3-5-10/h1-8,12H,9H2,(H,21,22)(H,23,24). The molecule has 126 valence electrons. The second kappa shape index (κ2) is 7.12. The predicted octanol–water partition coefficient (Wildman–Crippen LogP) is 2.70. The van der Waals surface area contributed by atoms with E-state index in [-0.39, 0.29) is 12.2 Å². The van der Waals surface area contributed by atoms with Crippen molar-refractivity contribution in [2.24, 2.45) is 0 Å². The zero-order valence-corrected chi connectivity index (χ0v) is 12.2. The number of aliphatic carboxylic acids is 1. The number of alkyl halides is 3. The van der Waals surface area contributed by atoms with Crippen LogP contribution >= 0.6 is 0 Å². The first-order chi connectivity index (χ1) is 11.3. The molecule has 0 radical (unpaired) electrons. The van der Waals surface area contributed by atoms with Gasteiger partial charge in [-0.15, -0.1) is 0 Å². The summed E-state index contributed by atoms with van der Waals surface area (Å²) >= 11 is 0. The summed E-state index contributed by atoms with van der Waals surface area (Å²) in [4.78, 5) is 26.7. The molecule has 0 saturated carbocycles. The second-order valence-electron chi connectivity index (χ2n) is 4.94. The number of benzene rings is 1. The predicted molar refractivity (Wildman–Crippen MR) is 78.4 cm³/mol. The Bertz CT molecular complexity index is 716. The van der Waals surface area contributed by atoms with Gasteiger partial charge in [-0.1, -0.05) is 30.3 Å². The van der Waals surface area contributed by atoms with Gasteiger partial charge in [-0.2, -0.15) is 13.2 Å². The van der Waals surface area contributed by atoms with Crippen molar-refractivity contribution < 1.29 is 27.9 Å². The highest BCUT2D eigenvalue weighted by Gasteiger charge is 2.31. The number of hydrogen-bond donors (Lipinski definition) is 2. The van der Waals surface area contributed by atoms with Crippen molar-refractivity contribution in [2.75, 3.05) is 6.54 Å². The Labute approximate surface area is 135 Å². The largest absolute Gasteiger partial charge is 0.481 e. The molecule has 8 heteroatoms. The maximum Gasteiger partial charge on any atom is 0.417 e. The molecule has 0 bridgehead atoms. The SMILES string of the molecule is O=C(NCC(C(=O)O)c1ccccc1)c1ccc(C(F)(F)F)cn1. The average molecular weight is 338 g/mol. The van der Waals surface area contributed by atoms with Gasteiger partial charge in [0.05, 0.1) is 11.5 Å². The molecule has 0 aliphatic rings. The van der Waals surface area contributed by atoms with Crippen LogP contribution in [0.3, 0.4) is 0 Å². The van der Waals surface area contributed by atoms with Crippen LogP contribution in [0, 0.1) is 0 Å². The number of nitrogens with zero attached hydrogens (tertiary/aromatic N) is 1. The lowest BCUT2D eigenvalue weighted by Crippen LogP contribution is -2.32. The third-order valence-electron chi connectivity index (χ3n) is 3.29. The van der Waals surface area contributed by atoms with Gasteiger partial charge in [-0.3, -0.25) is 14.6 Å². The van der Waals surface area contributed by atoms with Gasteiger partial charge in [0.1, 0.15) is 5.69 Å². The number of hydrogen-bond acceptors (Lipinski definition) is 3. The van der Waals surface area contributed by atoms with Gasteiger partial charge in [0.2, 0.25) is 0 Å². The summed E-state index contributed by atoms with van der Waals surface area (Å²) in [5.41, 5.74) is -0.683. The molecule has 2 rings (SSSR count). The molecule has 5 nitrogen and oxygen atoms in total. The van der Waals surface area contributed by atoms with Crippen molar-refractivity contribution in [1.29, 1.82) is 0 Å². The number of rotatable bonds is 5. The Kier molecular flexibility index (Phi) is 5.18. The molecule has 2 aromatic rings. The Morgan fingerprint density at radius 2 is 1.79 bits per heavy atom. The summed E-state index contributed by atoms with van der Waals surface area (Å²) in [5, 5.41) is 11.6. The van der Waals surface area contributed by atoms with Gasteiger partial charge in [0, 0.05) is 12.7 Å². The molecular weight excluding hydrogens is 325 g/mol. The number of nitrogens with one attached hydrogen (secondary N) is 1. The van der Waals surface area contributed by atoms with Gasteiger partial charge in [0.15, 0.2) is 0 Å². The maximum absolute atomic E-state index is 12.4. The molecule has 1 atom stereocenters. The fourth-order valence-corrected chi connectivity index (χ4v) is 2.01. The van der Waals surface area contributed by atoms with Crippen LogP contribution in [0.4, 0.5) is 13.2 Å². The fourth-order valence-electron chi connectivity index (χ4n) is 2.01. The number of carbonyl (C=O) groups is 2. The lowest BCUT2D eigenvalue weighted by molar-refractivity contribution is -0.139. The normalized spacial score (nSPS) is 12.5. The van der Waals surface area contributed by atoms with E-state index in [1.165, 1.54) is 0 Å². The lowest BCUT2D eigenvalue weighted by atomic mass is 9.99. The molecule has 1 unspecified atom stereocenters. The minimum absolute atomic E-state index is 0.207. The van der Waals surface area contributed by atoms with E-state index in [2.05, 4.69) is 10.3 Å². The van der Waals surface area contributed by atoms with Crippen LogP contribution in [0.1, 0.15) is 27.5 Å². The molecule has 1 heterocycles. The fraction of sp³-hybridized carbons (Fsp3) is 0.188. The molecule has 1 aromatic heterocycles. The van der Waals surface area contributed by atoms with Crippen LogP contribution < -0.4 is 5.32 Å². The summed E-state index contributed by atoms with van der Waals surface area (Å²) < 4.78 is 37.3. The Balaban J connectivity index is 2.05. The maximum atomic E-state index is 12.4. The van der Waals surface area contributed by atoms with E-state index in [9.17, 15) is 27.9 Å². The highest BCUT2D eigenvalue weighted by atomic mass is 19.4. The summed E-state index contributed by atoms with van der Waals surface area (Å²) in [6, 6.07) is 9.98. The Morgan fingerprint density at radius 1 is 1.12 bits per heavy atom. The summed E-state index contributed by atoms with van der Waals surface area (Å²) in [6.45, 7) is -0.207. The van der Waals surface area contributed by atoms with E-state index in [4.69, 9.17) is 0 Å². The highest BCUT2D eigenvalue weighted by molar-refractivity contribution is 5.92. The molecule has 2 N–H and O–H groups in total. The van der Waals surface area contributed by atoms with E-state index in [1.54, 1.807) is 30.3 Å². The number of pyridine rings is 1. The summed E-state index contributed by atoms with van der Waals surface area (Å²) in [7, 11) is 0. The van der Waals surface area contributed by atoms with Crippen molar-refractivity contribution in [2.45, 2.75) is 12.1 Å². The average Bonchev–Trinajstić information content (AvgIpc) is 2.55. The topological polar surface area (TPSA) is 79.3 Å². The Hall–Kier alpha value is -2.90. The number of amides is 1. The molecule has 1 aromatic carbocycles. The van der Waals surface area contributed by atoms with E-state index in [0.29, 0.717) is 11.8 Å². The van der Waals surface area contributed by atoms with Crippen LogP contribution in [0.2, 0.25) is 0 Å². The van der Waals surface area contributed by atoms with Crippen LogP contribution in [0.5, 0.6) is 0 Å². The monoisotopic (exact) mass is 338 g/mol. The first-order valence-electron chi connectivity index (χ1n) is 6.88. The zero-order chi connectivity index (χ0) is 17.7. The van der Waals surface area contributed by atoms with Gasteiger partial charge >= 0.3 is 12.1 Å². The molecule has 0 spiro atoms. The molecule has 0 aliphatic heterocycles. The van der Waals surface area contributed by atoms with Gasteiger partial charge < -0.3 is 10.4 Å². The van der Waals surface area contributed by atoms with E-state index in [0.717, 1.165) is 12.1 Å². The van der Waals surface area contributed by atoms with Gasteiger partial charge in [-0.05, 0) is 17.7 Å². The van der Waals surface area contributed by atoms with Crippen molar-refractivity contribution in [3.63, 3.8) is 0 Å². The van der Waals surface area contributed by atoms with Crippen molar-refractivity contribution >= 4 is 11.9 Å². The first kappa shape index (κ1) is 17.5. The third kappa shape index (κ3) is 4.31. The first-order valence-corrected chi connectivity index (χ1v) is 6.88. The van der Waals surface area contributed by atoms with Crippen LogP contribution in [0.15, 0.2) is 48.7 Å². The summed E-state index contributed by atoms with van der Waals surface area (Å²) in [6.07, 6.45) is -3.98. The molecule has 0 fully saturated rings. The minimum atomic E-state index is -4.54. The van der Waals surface area contributed by atoms with Crippen LogP contribution in [0.25, 0.3) is 0 Å². The number of carboxylic acids is 1. The highest BCUT2D eigenvalue weighted by Crippen LogP contribution is 2.28. The van der Waals surface area contributed by atoms with E-state index < -0.39 is 29.5 Å². The van der Waals surface area contributed by atoms with E-state index >= 15 is 0 Å². The Morgan fingerprint density at radius 3 is 2.29 bits per heavy atom.